The van der Waals surface area contributed by atoms with Crippen LogP contribution in [0.3, 0.4) is 0 Å². The van der Waals surface area contributed by atoms with Crippen LogP contribution < -0.4 is 0 Å². The summed E-state index contributed by atoms with van der Waals surface area (Å²) in [6, 6.07) is 6.43. The smallest absolute Gasteiger partial charge is 0.0923 e. The third-order valence-corrected chi connectivity index (χ3v) is 2.85. The van der Waals surface area contributed by atoms with E-state index < -0.39 is 0 Å². The van der Waals surface area contributed by atoms with E-state index in [2.05, 4.69) is 41.1 Å². The summed E-state index contributed by atoms with van der Waals surface area (Å²) < 4.78 is 2.10. The Bertz CT molecular complexity index is 466. The molecule has 72 valence electrons. The van der Waals surface area contributed by atoms with Crippen molar-refractivity contribution in [1.82, 2.24) is 9.78 Å². The maximum atomic E-state index is 4.55. The molecule has 2 heteroatoms. The molecule has 0 N–H and O–H groups in total. The van der Waals surface area contributed by atoms with E-state index in [4.69, 9.17) is 0 Å². The molecule has 14 heavy (non-hydrogen) atoms. The van der Waals surface area contributed by atoms with Crippen LogP contribution in [0, 0.1) is 12.8 Å². The second kappa shape index (κ2) is 2.84. The van der Waals surface area contributed by atoms with Gasteiger partial charge in [-0.15, -0.1) is 0 Å². The van der Waals surface area contributed by atoms with Gasteiger partial charge >= 0.3 is 0 Å². The third kappa shape index (κ3) is 1.41. The van der Waals surface area contributed by atoms with Crippen molar-refractivity contribution >= 4 is 10.9 Å². The standard InChI is InChI=1S/C12H14N2/c1-9-2-5-12-11(6-9)8-14(13-12)7-10-3-4-10/h2,5-6,8,10H,3-4,7H2,1H3. The summed E-state index contributed by atoms with van der Waals surface area (Å²) >= 11 is 0. The zero-order valence-electron chi connectivity index (χ0n) is 8.40. The Morgan fingerprint density at radius 2 is 2.29 bits per heavy atom. The summed E-state index contributed by atoms with van der Waals surface area (Å²) in [4.78, 5) is 0. The average Bonchev–Trinajstić information content (AvgIpc) is 2.84. The first-order valence-electron chi connectivity index (χ1n) is 5.25. The number of hydrogen-bond donors (Lipinski definition) is 0. The van der Waals surface area contributed by atoms with Gasteiger partial charge in [-0.1, -0.05) is 11.6 Å². The molecule has 1 aromatic heterocycles. The lowest BCUT2D eigenvalue weighted by Crippen LogP contribution is -1.99. The molecular weight excluding hydrogens is 172 g/mol. The fourth-order valence-electron chi connectivity index (χ4n) is 1.85. The van der Waals surface area contributed by atoms with E-state index in [1.165, 1.54) is 23.8 Å². The predicted molar refractivity (Wildman–Crippen MR) is 57.2 cm³/mol. The lowest BCUT2D eigenvalue weighted by Gasteiger charge is -1.95. The van der Waals surface area contributed by atoms with Crippen LogP contribution in [0.4, 0.5) is 0 Å². The Balaban J connectivity index is 2.01. The highest BCUT2D eigenvalue weighted by Crippen LogP contribution is 2.30. The molecule has 1 aromatic carbocycles. The highest BCUT2D eigenvalue weighted by molar-refractivity contribution is 5.78. The van der Waals surface area contributed by atoms with Gasteiger partial charge < -0.3 is 0 Å². The first-order valence-corrected chi connectivity index (χ1v) is 5.25. The van der Waals surface area contributed by atoms with Gasteiger partial charge in [0.2, 0.25) is 0 Å². The monoisotopic (exact) mass is 186 g/mol. The number of aromatic nitrogens is 2. The summed E-state index contributed by atoms with van der Waals surface area (Å²) in [5.74, 6) is 0.894. The second-order valence-electron chi connectivity index (χ2n) is 4.36. The van der Waals surface area contributed by atoms with Gasteiger partial charge in [-0.05, 0) is 37.8 Å². The van der Waals surface area contributed by atoms with Crippen molar-refractivity contribution in [3.63, 3.8) is 0 Å². The molecule has 0 spiro atoms. The lowest BCUT2D eigenvalue weighted by molar-refractivity contribution is 0.568. The number of hydrogen-bond acceptors (Lipinski definition) is 1. The molecule has 0 amide bonds. The molecular formula is C12H14N2. The maximum absolute atomic E-state index is 4.55. The van der Waals surface area contributed by atoms with Crippen LogP contribution in [0.1, 0.15) is 18.4 Å². The van der Waals surface area contributed by atoms with Gasteiger partial charge in [-0.3, -0.25) is 4.68 Å². The Kier molecular flexibility index (Phi) is 1.63. The number of rotatable bonds is 2. The van der Waals surface area contributed by atoms with E-state index in [1.54, 1.807) is 0 Å². The number of nitrogens with zero attached hydrogens (tertiary/aromatic N) is 2. The van der Waals surface area contributed by atoms with Crippen LogP contribution >= 0.6 is 0 Å². The van der Waals surface area contributed by atoms with E-state index in [0.29, 0.717) is 0 Å². The molecule has 1 fully saturated rings. The van der Waals surface area contributed by atoms with E-state index in [0.717, 1.165) is 18.0 Å². The Morgan fingerprint density at radius 1 is 1.43 bits per heavy atom. The Labute approximate surface area is 83.5 Å². The predicted octanol–water partition coefficient (Wildman–Crippen LogP) is 2.75. The third-order valence-electron chi connectivity index (χ3n) is 2.85. The van der Waals surface area contributed by atoms with Crippen molar-refractivity contribution in [3.8, 4) is 0 Å². The number of benzene rings is 1. The molecule has 1 aliphatic carbocycles. The van der Waals surface area contributed by atoms with E-state index in [9.17, 15) is 0 Å². The maximum Gasteiger partial charge on any atom is 0.0923 e. The topological polar surface area (TPSA) is 17.8 Å². The fraction of sp³-hybridized carbons (Fsp3) is 0.417. The van der Waals surface area contributed by atoms with Crippen molar-refractivity contribution in [1.29, 1.82) is 0 Å². The normalized spacial score (nSPS) is 16.4. The first-order chi connectivity index (χ1) is 6.81. The number of fused-ring (bicyclic) bond motifs is 1. The molecule has 2 aromatic rings. The Morgan fingerprint density at radius 3 is 3.07 bits per heavy atom. The molecule has 0 unspecified atom stereocenters. The van der Waals surface area contributed by atoms with E-state index >= 15 is 0 Å². The second-order valence-corrected chi connectivity index (χ2v) is 4.36. The molecule has 0 aliphatic heterocycles. The van der Waals surface area contributed by atoms with Crippen molar-refractivity contribution in [2.45, 2.75) is 26.3 Å². The Hall–Kier alpha value is -1.31. The minimum atomic E-state index is 0.894. The molecule has 0 saturated heterocycles. The zero-order chi connectivity index (χ0) is 9.54. The van der Waals surface area contributed by atoms with Crippen molar-refractivity contribution < 1.29 is 0 Å². The molecule has 1 aliphatic rings. The average molecular weight is 186 g/mol. The highest BCUT2D eigenvalue weighted by Gasteiger charge is 2.21. The van der Waals surface area contributed by atoms with Crippen LogP contribution in [-0.2, 0) is 6.54 Å². The fourth-order valence-corrected chi connectivity index (χ4v) is 1.85. The van der Waals surface area contributed by atoms with Gasteiger partial charge in [0.25, 0.3) is 0 Å². The summed E-state index contributed by atoms with van der Waals surface area (Å²) in [7, 11) is 0. The lowest BCUT2D eigenvalue weighted by atomic mass is 10.2. The first kappa shape index (κ1) is 8.04. The molecule has 3 rings (SSSR count). The SMILES string of the molecule is Cc1ccc2nn(CC3CC3)cc2c1. The molecule has 0 radical (unpaired) electrons. The van der Waals surface area contributed by atoms with Gasteiger partial charge in [0.1, 0.15) is 0 Å². The van der Waals surface area contributed by atoms with Gasteiger partial charge in [-0.2, -0.15) is 5.10 Å². The summed E-state index contributed by atoms with van der Waals surface area (Å²) in [6.45, 7) is 3.23. The van der Waals surface area contributed by atoms with Gasteiger partial charge in [0.15, 0.2) is 0 Å². The van der Waals surface area contributed by atoms with Crippen LogP contribution in [0.15, 0.2) is 24.4 Å². The minimum Gasteiger partial charge on any atom is -0.271 e. The van der Waals surface area contributed by atoms with Crippen molar-refractivity contribution in [2.75, 3.05) is 0 Å². The van der Waals surface area contributed by atoms with Crippen molar-refractivity contribution in [3.05, 3.63) is 30.0 Å². The van der Waals surface area contributed by atoms with Crippen LogP contribution in [0.2, 0.25) is 0 Å². The number of aryl methyl sites for hydroxylation is 1. The van der Waals surface area contributed by atoms with E-state index in [1.807, 2.05) is 0 Å². The van der Waals surface area contributed by atoms with Gasteiger partial charge in [0, 0.05) is 18.1 Å². The molecule has 0 atom stereocenters. The molecule has 0 bridgehead atoms. The molecule has 2 nitrogen and oxygen atoms in total. The summed E-state index contributed by atoms with van der Waals surface area (Å²) in [5, 5.41) is 5.82. The van der Waals surface area contributed by atoms with Crippen LogP contribution in [0.5, 0.6) is 0 Å². The largest absolute Gasteiger partial charge is 0.271 e. The summed E-state index contributed by atoms with van der Waals surface area (Å²) in [6.07, 6.45) is 4.94. The minimum absolute atomic E-state index is 0.894. The van der Waals surface area contributed by atoms with E-state index in [-0.39, 0.29) is 0 Å². The molecule has 1 heterocycles. The quantitative estimate of drug-likeness (QED) is 0.705. The van der Waals surface area contributed by atoms with Crippen LogP contribution in [0.25, 0.3) is 10.9 Å². The molecule has 1 saturated carbocycles. The highest BCUT2D eigenvalue weighted by atomic mass is 15.3. The summed E-state index contributed by atoms with van der Waals surface area (Å²) in [5.41, 5.74) is 2.43. The van der Waals surface area contributed by atoms with Gasteiger partial charge in [0.05, 0.1) is 5.52 Å². The van der Waals surface area contributed by atoms with Gasteiger partial charge in [-0.25, -0.2) is 0 Å². The zero-order valence-corrected chi connectivity index (χ0v) is 8.40. The van der Waals surface area contributed by atoms with Crippen LogP contribution in [-0.4, -0.2) is 9.78 Å². The van der Waals surface area contributed by atoms with Crippen molar-refractivity contribution in [2.24, 2.45) is 5.92 Å².